The number of sulfonamides is 1. The number of hydrogen-bond donors (Lipinski definition) is 2. The van der Waals surface area contributed by atoms with Gasteiger partial charge in [0.25, 0.3) is 10.0 Å². The van der Waals surface area contributed by atoms with Gasteiger partial charge in [0.05, 0.1) is 15.6 Å². The molecule has 0 atom stereocenters. The van der Waals surface area contributed by atoms with E-state index in [-0.39, 0.29) is 21.4 Å². The highest BCUT2D eigenvalue weighted by Crippen LogP contribution is 2.32. The first-order valence-corrected chi connectivity index (χ1v) is 7.81. The van der Waals surface area contributed by atoms with Gasteiger partial charge in [-0.25, -0.2) is 8.42 Å². The van der Waals surface area contributed by atoms with Gasteiger partial charge in [-0.3, -0.25) is 4.72 Å². The van der Waals surface area contributed by atoms with Crippen molar-refractivity contribution >= 4 is 43.2 Å². The second-order valence-electron chi connectivity index (χ2n) is 3.70. The SMILES string of the molecule is O=S(=O)(Nc1cccc(Cl)c1O)c1cccc(Br)c1. The largest absolute Gasteiger partial charge is 0.504 e. The molecule has 0 aromatic heterocycles. The Morgan fingerprint density at radius 2 is 1.84 bits per heavy atom. The van der Waals surface area contributed by atoms with Crippen LogP contribution in [0.5, 0.6) is 5.75 Å². The second-order valence-corrected chi connectivity index (χ2v) is 6.70. The Balaban J connectivity index is 2.39. The summed E-state index contributed by atoms with van der Waals surface area (Å²) in [6.07, 6.45) is 0. The second kappa shape index (κ2) is 5.40. The average Bonchev–Trinajstić information content (AvgIpc) is 2.35. The molecule has 2 aromatic rings. The van der Waals surface area contributed by atoms with Crippen molar-refractivity contribution in [2.75, 3.05) is 4.72 Å². The van der Waals surface area contributed by atoms with Crippen LogP contribution < -0.4 is 4.72 Å². The Bertz CT molecular complexity index is 719. The van der Waals surface area contributed by atoms with Crippen LogP contribution in [0.1, 0.15) is 0 Å². The van der Waals surface area contributed by atoms with E-state index in [1.54, 1.807) is 18.2 Å². The zero-order valence-electron chi connectivity index (χ0n) is 9.47. The molecule has 4 nitrogen and oxygen atoms in total. The number of anilines is 1. The monoisotopic (exact) mass is 361 g/mol. The molecule has 0 aliphatic heterocycles. The van der Waals surface area contributed by atoms with E-state index in [1.807, 2.05) is 0 Å². The average molecular weight is 363 g/mol. The van der Waals surface area contributed by atoms with E-state index >= 15 is 0 Å². The molecular formula is C12H9BrClNO3S. The zero-order chi connectivity index (χ0) is 14.0. The minimum absolute atomic E-state index is 0.0347. The maximum Gasteiger partial charge on any atom is 0.262 e. The number of benzene rings is 2. The van der Waals surface area contributed by atoms with E-state index in [2.05, 4.69) is 20.7 Å². The Hall–Kier alpha value is -1.24. The maximum atomic E-state index is 12.1. The van der Waals surface area contributed by atoms with Gasteiger partial charge in [0.1, 0.15) is 0 Å². The van der Waals surface area contributed by atoms with Crippen molar-refractivity contribution in [3.05, 3.63) is 52.0 Å². The highest BCUT2D eigenvalue weighted by Gasteiger charge is 2.17. The van der Waals surface area contributed by atoms with E-state index in [4.69, 9.17) is 11.6 Å². The third kappa shape index (κ3) is 3.20. The van der Waals surface area contributed by atoms with Crippen molar-refractivity contribution in [1.29, 1.82) is 0 Å². The summed E-state index contributed by atoms with van der Waals surface area (Å²) in [5.41, 5.74) is 0.0347. The van der Waals surface area contributed by atoms with Gasteiger partial charge in [-0.05, 0) is 30.3 Å². The molecule has 0 unspecified atom stereocenters. The molecule has 100 valence electrons. The molecule has 0 saturated carbocycles. The smallest absolute Gasteiger partial charge is 0.262 e. The van der Waals surface area contributed by atoms with Crippen molar-refractivity contribution in [3.8, 4) is 5.75 Å². The number of para-hydroxylation sites is 1. The molecule has 0 bridgehead atoms. The summed E-state index contributed by atoms with van der Waals surface area (Å²) in [4.78, 5) is 0.0845. The number of halogens is 2. The van der Waals surface area contributed by atoms with Crippen molar-refractivity contribution < 1.29 is 13.5 Å². The van der Waals surface area contributed by atoms with E-state index in [9.17, 15) is 13.5 Å². The van der Waals surface area contributed by atoms with Crippen LogP contribution in [0.4, 0.5) is 5.69 Å². The van der Waals surface area contributed by atoms with E-state index in [0.717, 1.165) is 0 Å². The van der Waals surface area contributed by atoms with Crippen LogP contribution in [0, 0.1) is 0 Å². The standard InChI is InChI=1S/C12H9BrClNO3S/c13-8-3-1-4-9(7-8)19(17,18)15-11-6-2-5-10(14)12(11)16/h1-7,15-16H. The van der Waals surface area contributed by atoms with Crippen LogP contribution in [-0.2, 0) is 10.0 Å². The summed E-state index contributed by atoms with van der Waals surface area (Å²) in [6.45, 7) is 0. The minimum Gasteiger partial charge on any atom is -0.504 e. The van der Waals surface area contributed by atoms with Crippen molar-refractivity contribution in [1.82, 2.24) is 0 Å². The van der Waals surface area contributed by atoms with E-state index < -0.39 is 10.0 Å². The lowest BCUT2D eigenvalue weighted by Crippen LogP contribution is -2.13. The fraction of sp³-hybridized carbons (Fsp3) is 0. The summed E-state index contributed by atoms with van der Waals surface area (Å²) in [7, 11) is -3.77. The van der Waals surface area contributed by atoms with Crippen LogP contribution in [-0.4, -0.2) is 13.5 Å². The summed E-state index contributed by atoms with van der Waals surface area (Å²) in [5.74, 6) is -0.303. The Morgan fingerprint density at radius 3 is 2.53 bits per heavy atom. The summed E-state index contributed by atoms with van der Waals surface area (Å²) in [6, 6.07) is 10.7. The van der Waals surface area contributed by atoms with Gasteiger partial charge in [0.2, 0.25) is 0 Å². The third-order valence-corrected chi connectivity index (χ3v) is 4.50. The quantitative estimate of drug-likeness (QED) is 0.820. The highest BCUT2D eigenvalue weighted by atomic mass is 79.9. The third-order valence-electron chi connectivity index (χ3n) is 2.34. The highest BCUT2D eigenvalue weighted by molar-refractivity contribution is 9.10. The first-order chi connectivity index (χ1) is 8.90. The number of aromatic hydroxyl groups is 1. The lowest BCUT2D eigenvalue weighted by Gasteiger charge is -2.10. The van der Waals surface area contributed by atoms with Gasteiger partial charge < -0.3 is 5.11 Å². The predicted octanol–water partition coefficient (Wildman–Crippen LogP) is 3.61. The van der Waals surface area contributed by atoms with E-state index in [1.165, 1.54) is 24.3 Å². The molecule has 0 amide bonds. The lowest BCUT2D eigenvalue weighted by atomic mass is 10.3. The Morgan fingerprint density at radius 1 is 1.16 bits per heavy atom. The molecular weight excluding hydrogens is 354 g/mol. The maximum absolute atomic E-state index is 12.1. The van der Waals surface area contributed by atoms with Gasteiger partial charge in [0, 0.05) is 4.47 Å². The normalized spacial score (nSPS) is 11.3. The fourth-order valence-corrected chi connectivity index (χ4v) is 3.27. The number of phenolic OH excluding ortho intramolecular Hbond substituents is 1. The predicted molar refractivity (Wildman–Crippen MR) is 78.1 cm³/mol. The summed E-state index contributed by atoms with van der Waals surface area (Å²) >= 11 is 8.92. The van der Waals surface area contributed by atoms with Gasteiger partial charge in [-0.1, -0.05) is 39.7 Å². The molecule has 0 spiro atoms. The van der Waals surface area contributed by atoms with Gasteiger partial charge >= 0.3 is 0 Å². The van der Waals surface area contributed by atoms with Gasteiger partial charge in [-0.15, -0.1) is 0 Å². The Kier molecular flexibility index (Phi) is 4.03. The molecule has 0 radical (unpaired) electrons. The van der Waals surface area contributed by atoms with Gasteiger partial charge in [0.15, 0.2) is 5.75 Å². The molecule has 0 aliphatic carbocycles. The molecule has 19 heavy (non-hydrogen) atoms. The molecule has 7 heteroatoms. The number of hydrogen-bond acceptors (Lipinski definition) is 3. The van der Waals surface area contributed by atoms with Crippen LogP contribution in [0.25, 0.3) is 0 Å². The summed E-state index contributed by atoms with van der Waals surface area (Å²) in [5, 5.41) is 9.77. The van der Waals surface area contributed by atoms with Crippen molar-refractivity contribution in [2.24, 2.45) is 0 Å². The topological polar surface area (TPSA) is 66.4 Å². The van der Waals surface area contributed by atoms with Crippen molar-refractivity contribution in [2.45, 2.75) is 4.90 Å². The Labute approximate surface area is 124 Å². The number of nitrogens with one attached hydrogen (secondary N) is 1. The lowest BCUT2D eigenvalue weighted by molar-refractivity contribution is 0.478. The van der Waals surface area contributed by atoms with Crippen molar-refractivity contribution in [3.63, 3.8) is 0 Å². The molecule has 0 fully saturated rings. The van der Waals surface area contributed by atoms with Crippen LogP contribution in [0.2, 0.25) is 5.02 Å². The first kappa shape index (κ1) is 14.2. The van der Waals surface area contributed by atoms with Crippen LogP contribution in [0.15, 0.2) is 51.8 Å². The number of rotatable bonds is 3. The van der Waals surface area contributed by atoms with Gasteiger partial charge in [-0.2, -0.15) is 0 Å². The molecule has 0 aliphatic rings. The molecule has 2 aromatic carbocycles. The molecule has 2 rings (SSSR count). The van der Waals surface area contributed by atoms with E-state index in [0.29, 0.717) is 4.47 Å². The summed E-state index contributed by atoms with van der Waals surface area (Å²) < 4.78 is 27.2. The fourth-order valence-electron chi connectivity index (χ4n) is 1.44. The first-order valence-electron chi connectivity index (χ1n) is 5.16. The van der Waals surface area contributed by atoms with Crippen LogP contribution >= 0.6 is 27.5 Å². The zero-order valence-corrected chi connectivity index (χ0v) is 12.6. The number of phenols is 1. The minimum atomic E-state index is -3.77. The molecule has 0 saturated heterocycles. The molecule has 0 heterocycles. The molecule has 2 N–H and O–H groups in total. The van der Waals surface area contributed by atoms with Crippen LogP contribution in [0.3, 0.4) is 0 Å².